The molecule has 20 heavy (non-hydrogen) atoms. The van der Waals surface area contributed by atoms with E-state index in [-0.39, 0.29) is 0 Å². The minimum Gasteiger partial charge on any atom is -0.340 e. The Labute approximate surface area is 117 Å². The lowest BCUT2D eigenvalue weighted by atomic mass is 10.4. The lowest BCUT2D eigenvalue weighted by molar-refractivity contribution is 0.385. The van der Waals surface area contributed by atoms with Crippen LogP contribution in [0.2, 0.25) is 0 Å². The predicted molar refractivity (Wildman–Crippen MR) is 77.1 cm³/mol. The van der Waals surface area contributed by atoms with Gasteiger partial charge in [0.2, 0.25) is 16.0 Å². The third-order valence-corrected chi connectivity index (χ3v) is 4.90. The molecule has 0 atom stereocenters. The quantitative estimate of drug-likeness (QED) is 0.783. The first kappa shape index (κ1) is 13.3. The summed E-state index contributed by atoms with van der Waals surface area (Å²) in [5.74, 6) is 0.840. The lowest BCUT2D eigenvalue weighted by Gasteiger charge is -2.33. The Hall–Kier alpha value is -1.67. The fourth-order valence-electron chi connectivity index (χ4n) is 2.51. The molecule has 0 amide bonds. The first-order valence-electron chi connectivity index (χ1n) is 6.44. The highest BCUT2D eigenvalue weighted by molar-refractivity contribution is 7.88. The summed E-state index contributed by atoms with van der Waals surface area (Å²) >= 11 is 0. The highest BCUT2D eigenvalue weighted by atomic mass is 32.2. The van der Waals surface area contributed by atoms with Crippen LogP contribution in [0.15, 0.2) is 18.3 Å². The van der Waals surface area contributed by atoms with Crippen LogP contribution in [-0.2, 0) is 17.1 Å². The number of piperazine rings is 1. The molecule has 3 heterocycles. The second-order valence-corrected chi connectivity index (χ2v) is 6.95. The summed E-state index contributed by atoms with van der Waals surface area (Å²) in [7, 11) is -1.17. The first-order chi connectivity index (χ1) is 9.47. The van der Waals surface area contributed by atoms with Gasteiger partial charge in [-0.15, -0.1) is 0 Å². The van der Waals surface area contributed by atoms with Crippen LogP contribution >= 0.6 is 0 Å². The van der Waals surface area contributed by atoms with Crippen molar-refractivity contribution < 1.29 is 8.42 Å². The van der Waals surface area contributed by atoms with E-state index >= 15 is 0 Å². The van der Waals surface area contributed by atoms with Gasteiger partial charge in [-0.3, -0.25) is 4.57 Å². The van der Waals surface area contributed by atoms with Gasteiger partial charge in [-0.05, 0) is 12.1 Å². The number of pyridine rings is 1. The standard InChI is InChI=1S/C12H17N5O2S/c1-15-11-10(4-3-5-13-11)14-12(15)16-6-8-17(9-7-16)20(2,18)19/h3-5H,6-9H2,1-2H3. The SMILES string of the molecule is Cn1c(N2CCN(S(C)(=O)=O)CC2)nc2cccnc21. The van der Waals surface area contributed by atoms with Crippen molar-refractivity contribution in [3.63, 3.8) is 0 Å². The number of hydrogen-bond donors (Lipinski definition) is 0. The van der Waals surface area contributed by atoms with Crippen molar-refractivity contribution in [1.82, 2.24) is 18.8 Å². The average Bonchev–Trinajstić information content (AvgIpc) is 2.76. The van der Waals surface area contributed by atoms with E-state index in [1.807, 2.05) is 23.7 Å². The number of imidazole rings is 1. The molecule has 1 aliphatic heterocycles. The van der Waals surface area contributed by atoms with Gasteiger partial charge in [-0.25, -0.2) is 18.4 Å². The van der Waals surface area contributed by atoms with Crippen molar-refractivity contribution >= 4 is 27.1 Å². The number of sulfonamides is 1. The van der Waals surface area contributed by atoms with E-state index in [1.165, 1.54) is 10.6 Å². The van der Waals surface area contributed by atoms with Crippen molar-refractivity contribution in [2.75, 3.05) is 37.3 Å². The summed E-state index contributed by atoms with van der Waals surface area (Å²) < 4.78 is 26.5. The predicted octanol–water partition coefficient (Wildman–Crippen LogP) is 0.0499. The molecule has 0 bridgehead atoms. The Morgan fingerprint density at radius 1 is 1.20 bits per heavy atom. The zero-order valence-electron chi connectivity index (χ0n) is 11.5. The van der Waals surface area contributed by atoms with Gasteiger partial charge in [0.05, 0.1) is 6.26 Å². The number of anilines is 1. The van der Waals surface area contributed by atoms with E-state index in [4.69, 9.17) is 0 Å². The van der Waals surface area contributed by atoms with Crippen LogP contribution in [0.25, 0.3) is 11.2 Å². The molecular weight excluding hydrogens is 278 g/mol. The number of aromatic nitrogens is 3. The molecule has 2 aromatic rings. The fourth-order valence-corrected chi connectivity index (χ4v) is 3.34. The van der Waals surface area contributed by atoms with E-state index in [0.717, 1.165) is 17.1 Å². The zero-order chi connectivity index (χ0) is 14.3. The van der Waals surface area contributed by atoms with E-state index in [1.54, 1.807) is 6.20 Å². The van der Waals surface area contributed by atoms with Gasteiger partial charge < -0.3 is 4.90 Å². The third kappa shape index (κ3) is 2.25. The Balaban J connectivity index is 1.85. The van der Waals surface area contributed by atoms with Crippen LogP contribution in [0, 0.1) is 0 Å². The van der Waals surface area contributed by atoms with Crippen molar-refractivity contribution in [3.05, 3.63) is 18.3 Å². The molecule has 108 valence electrons. The van der Waals surface area contributed by atoms with Crippen LogP contribution in [0.4, 0.5) is 5.95 Å². The maximum atomic E-state index is 11.5. The second-order valence-electron chi connectivity index (χ2n) is 4.97. The van der Waals surface area contributed by atoms with E-state index in [9.17, 15) is 8.42 Å². The molecule has 1 fully saturated rings. The number of hydrogen-bond acceptors (Lipinski definition) is 5. The van der Waals surface area contributed by atoms with Gasteiger partial charge in [-0.1, -0.05) is 0 Å². The molecule has 0 aliphatic carbocycles. The summed E-state index contributed by atoms with van der Waals surface area (Å²) in [5.41, 5.74) is 1.70. The summed E-state index contributed by atoms with van der Waals surface area (Å²) in [5, 5.41) is 0. The molecule has 1 aliphatic rings. The second kappa shape index (κ2) is 4.71. The molecule has 0 aromatic carbocycles. The minimum atomic E-state index is -3.10. The van der Waals surface area contributed by atoms with Gasteiger partial charge in [0.15, 0.2) is 5.65 Å². The number of fused-ring (bicyclic) bond motifs is 1. The van der Waals surface area contributed by atoms with E-state index in [0.29, 0.717) is 26.2 Å². The van der Waals surface area contributed by atoms with Gasteiger partial charge in [0.1, 0.15) is 5.52 Å². The Bertz CT molecular complexity index is 731. The Morgan fingerprint density at radius 2 is 1.90 bits per heavy atom. The van der Waals surface area contributed by atoms with Crippen LogP contribution in [-0.4, -0.2) is 59.7 Å². The largest absolute Gasteiger partial charge is 0.340 e. The molecule has 2 aromatic heterocycles. The molecule has 3 rings (SSSR count). The average molecular weight is 295 g/mol. The van der Waals surface area contributed by atoms with Crippen LogP contribution < -0.4 is 4.90 Å². The zero-order valence-corrected chi connectivity index (χ0v) is 12.3. The maximum Gasteiger partial charge on any atom is 0.211 e. The van der Waals surface area contributed by atoms with Gasteiger partial charge in [0.25, 0.3) is 0 Å². The minimum absolute atomic E-state index is 0.496. The molecule has 8 heteroatoms. The van der Waals surface area contributed by atoms with Crippen LogP contribution in [0.1, 0.15) is 0 Å². The number of nitrogens with zero attached hydrogens (tertiary/aromatic N) is 5. The first-order valence-corrected chi connectivity index (χ1v) is 8.29. The topological polar surface area (TPSA) is 71.3 Å². The summed E-state index contributed by atoms with van der Waals surface area (Å²) in [6.45, 7) is 2.28. The van der Waals surface area contributed by atoms with Crippen molar-refractivity contribution in [2.45, 2.75) is 0 Å². The normalized spacial score (nSPS) is 17.8. The smallest absolute Gasteiger partial charge is 0.211 e. The van der Waals surface area contributed by atoms with Crippen molar-refractivity contribution in [3.8, 4) is 0 Å². The molecule has 0 unspecified atom stereocenters. The fraction of sp³-hybridized carbons (Fsp3) is 0.500. The van der Waals surface area contributed by atoms with Crippen LogP contribution in [0.5, 0.6) is 0 Å². The number of rotatable bonds is 2. The monoisotopic (exact) mass is 295 g/mol. The molecule has 7 nitrogen and oxygen atoms in total. The molecule has 1 saturated heterocycles. The van der Waals surface area contributed by atoms with E-state index in [2.05, 4.69) is 14.9 Å². The summed E-state index contributed by atoms with van der Waals surface area (Å²) in [6, 6.07) is 3.79. The van der Waals surface area contributed by atoms with Crippen LogP contribution in [0.3, 0.4) is 0 Å². The van der Waals surface area contributed by atoms with E-state index < -0.39 is 10.0 Å². The van der Waals surface area contributed by atoms with Gasteiger partial charge in [0, 0.05) is 39.4 Å². The number of aryl methyl sites for hydroxylation is 1. The Morgan fingerprint density at radius 3 is 2.50 bits per heavy atom. The molecule has 0 N–H and O–H groups in total. The van der Waals surface area contributed by atoms with Gasteiger partial charge in [-0.2, -0.15) is 4.31 Å². The third-order valence-electron chi connectivity index (χ3n) is 3.59. The Kier molecular flexibility index (Phi) is 3.14. The molecular formula is C12H17N5O2S. The molecule has 0 radical (unpaired) electrons. The summed E-state index contributed by atoms with van der Waals surface area (Å²) in [4.78, 5) is 11.0. The highest BCUT2D eigenvalue weighted by Crippen LogP contribution is 2.20. The lowest BCUT2D eigenvalue weighted by Crippen LogP contribution is -2.49. The molecule has 0 spiro atoms. The molecule has 0 saturated carbocycles. The van der Waals surface area contributed by atoms with Crippen molar-refractivity contribution in [2.24, 2.45) is 7.05 Å². The van der Waals surface area contributed by atoms with Gasteiger partial charge >= 0.3 is 0 Å². The maximum absolute atomic E-state index is 11.5. The summed E-state index contributed by atoms with van der Waals surface area (Å²) in [6.07, 6.45) is 3.00. The highest BCUT2D eigenvalue weighted by Gasteiger charge is 2.25. The van der Waals surface area contributed by atoms with Crippen molar-refractivity contribution in [1.29, 1.82) is 0 Å².